The van der Waals surface area contributed by atoms with Crippen molar-refractivity contribution in [1.29, 1.82) is 0 Å². The number of aliphatic hydroxyl groups excluding tert-OH is 1. The molecule has 0 saturated heterocycles. The van der Waals surface area contributed by atoms with Gasteiger partial charge in [0.15, 0.2) is 0 Å². The van der Waals surface area contributed by atoms with E-state index in [9.17, 15) is 0 Å². The van der Waals surface area contributed by atoms with Crippen molar-refractivity contribution in [3.8, 4) is 0 Å². The summed E-state index contributed by atoms with van der Waals surface area (Å²) >= 11 is 0. The topological polar surface area (TPSA) is 71.2 Å². The molecule has 0 bridgehead atoms. The van der Waals surface area contributed by atoms with E-state index in [1.807, 2.05) is 19.1 Å². The summed E-state index contributed by atoms with van der Waals surface area (Å²) in [7, 11) is 0. The largest absolute Gasteiger partial charge is 0.394 e. The quantitative estimate of drug-likeness (QED) is 0.626. The van der Waals surface area contributed by atoms with Gasteiger partial charge in [0, 0.05) is 18.8 Å². The van der Waals surface area contributed by atoms with E-state index in [2.05, 4.69) is 10.3 Å². The molecule has 0 aliphatic carbocycles. The minimum Gasteiger partial charge on any atom is -0.394 e. The first-order chi connectivity index (χ1) is 6.27. The lowest BCUT2D eigenvalue weighted by Crippen LogP contribution is -2.21. The van der Waals surface area contributed by atoms with Gasteiger partial charge in [0.1, 0.15) is 0 Å². The van der Waals surface area contributed by atoms with E-state index < -0.39 is 0 Å². The highest BCUT2D eigenvalue weighted by Gasteiger charge is 2.03. The van der Waals surface area contributed by atoms with Gasteiger partial charge in [-0.25, -0.2) is 0 Å². The molecule has 0 aromatic carbocycles. The fraction of sp³-hybridized carbons (Fsp3) is 0.444. The van der Waals surface area contributed by atoms with Gasteiger partial charge in [-0.15, -0.1) is 0 Å². The average molecular weight is 181 g/mol. The number of aliphatic hydroxyl groups is 1. The standard InChI is InChI=1S/C9H15N3O/c1-7(6-13)12-8-3-2-4-11-9(8)5-10/h2-4,7,12-13H,5-6,10H2,1H3. The molecule has 1 aromatic heterocycles. The van der Waals surface area contributed by atoms with Crippen molar-refractivity contribution in [3.05, 3.63) is 24.0 Å². The van der Waals surface area contributed by atoms with Gasteiger partial charge in [-0.1, -0.05) is 0 Å². The highest BCUT2D eigenvalue weighted by Crippen LogP contribution is 2.11. The number of hydrogen-bond acceptors (Lipinski definition) is 4. The third-order valence-corrected chi connectivity index (χ3v) is 1.76. The average Bonchev–Trinajstić information content (AvgIpc) is 2.18. The Hall–Kier alpha value is -1.13. The van der Waals surface area contributed by atoms with E-state index in [1.165, 1.54) is 0 Å². The van der Waals surface area contributed by atoms with Crippen molar-refractivity contribution in [3.63, 3.8) is 0 Å². The number of rotatable bonds is 4. The van der Waals surface area contributed by atoms with Crippen molar-refractivity contribution in [2.75, 3.05) is 11.9 Å². The second-order valence-corrected chi connectivity index (χ2v) is 2.93. The summed E-state index contributed by atoms with van der Waals surface area (Å²) in [6, 6.07) is 3.77. The second-order valence-electron chi connectivity index (χ2n) is 2.93. The maximum Gasteiger partial charge on any atom is 0.0770 e. The van der Waals surface area contributed by atoms with Crippen LogP contribution in [0.4, 0.5) is 5.69 Å². The number of anilines is 1. The minimum atomic E-state index is 0.0227. The second kappa shape index (κ2) is 4.79. The van der Waals surface area contributed by atoms with Crippen LogP contribution >= 0.6 is 0 Å². The molecule has 0 amide bonds. The fourth-order valence-electron chi connectivity index (χ4n) is 1.04. The number of hydrogen-bond donors (Lipinski definition) is 3. The number of aromatic nitrogens is 1. The molecule has 13 heavy (non-hydrogen) atoms. The molecule has 1 rings (SSSR count). The van der Waals surface area contributed by atoms with Gasteiger partial charge in [-0.05, 0) is 19.1 Å². The Kier molecular flexibility index (Phi) is 3.67. The van der Waals surface area contributed by atoms with Gasteiger partial charge in [0.25, 0.3) is 0 Å². The summed E-state index contributed by atoms with van der Waals surface area (Å²) in [5.41, 5.74) is 7.22. The number of pyridine rings is 1. The first kappa shape index (κ1) is 9.95. The monoisotopic (exact) mass is 181 g/mol. The SMILES string of the molecule is CC(CO)Nc1cccnc1CN. The Bertz CT molecular complexity index is 265. The molecule has 1 heterocycles. The van der Waals surface area contributed by atoms with Gasteiger partial charge >= 0.3 is 0 Å². The molecule has 0 saturated carbocycles. The van der Waals surface area contributed by atoms with Crippen LogP contribution in [0.2, 0.25) is 0 Å². The Morgan fingerprint density at radius 1 is 1.69 bits per heavy atom. The molecule has 0 radical (unpaired) electrons. The molecular weight excluding hydrogens is 166 g/mol. The summed E-state index contributed by atoms with van der Waals surface area (Å²) in [5, 5.41) is 12.0. The van der Waals surface area contributed by atoms with Gasteiger partial charge in [0.05, 0.1) is 18.0 Å². The molecule has 4 heteroatoms. The molecule has 0 aliphatic rings. The first-order valence-corrected chi connectivity index (χ1v) is 4.29. The summed E-state index contributed by atoms with van der Waals surface area (Å²) in [5.74, 6) is 0. The summed E-state index contributed by atoms with van der Waals surface area (Å²) < 4.78 is 0. The Morgan fingerprint density at radius 2 is 2.46 bits per heavy atom. The third kappa shape index (κ3) is 2.68. The van der Waals surface area contributed by atoms with Crippen LogP contribution in [-0.4, -0.2) is 22.7 Å². The Morgan fingerprint density at radius 3 is 3.08 bits per heavy atom. The van der Waals surface area contributed by atoms with Gasteiger partial charge < -0.3 is 16.2 Å². The normalized spacial score (nSPS) is 12.5. The van der Waals surface area contributed by atoms with Crippen LogP contribution in [0.15, 0.2) is 18.3 Å². The molecule has 0 aliphatic heterocycles. The van der Waals surface area contributed by atoms with Crippen molar-refractivity contribution >= 4 is 5.69 Å². The molecule has 4 nitrogen and oxygen atoms in total. The molecule has 1 unspecified atom stereocenters. The molecule has 1 aromatic rings. The van der Waals surface area contributed by atoms with Crippen molar-refractivity contribution in [1.82, 2.24) is 4.98 Å². The Balaban J connectivity index is 2.74. The van der Waals surface area contributed by atoms with E-state index in [-0.39, 0.29) is 12.6 Å². The maximum atomic E-state index is 8.85. The molecular formula is C9H15N3O. The number of nitrogens with zero attached hydrogens (tertiary/aromatic N) is 1. The lowest BCUT2D eigenvalue weighted by Gasteiger charge is -2.14. The van der Waals surface area contributed by atoms with E-state index in [4.69, 9.17) is 10.8 Å². The van der Waals surface area contributed by atoms with E-state index in [0.717, 1.165) is 11.4 Å². The van der Waals surface area contributed by atoms with Crippen molar-refractivity contribution in [2.45, 2.75) is 19.5 Å². The lowest BCUT2D eigenvalue weighted by molar-refractivity contribution is 0.281. The summed E-state index contributed by atoms with van der Waals surface area (Å²) in [4.78, 5) is 4.12. The van der Waals surface area contributed by atoms with E-state index >= 15 is 0 Å². The van der Waals surface area contributed by atoms with Crippen molar-refractivity contribution < 1.29 is 5.11 Å². The van der Waals surface area contributed by atoms with Crippen LogP contribution < -0.4 is 11.1 Å². The van der Waals surface area contributed by atoms with E-state index in [1.54, 1.807) is 6.20 Å². The third-order valence-electron chi connectivity index (χ3n) is 1.76. The van der Waals surface area contributed by atoms with Gasteiger partial charge in [-0.3, -0.25) is 4.98 Å². The molecule has 4 N–H and O–H groups in total. The van der Waals surface area contributed by atoms with Crippen LogP contribution in [0.3, 0.4) is 0 Å². The van der Waals surface area contributed by atoms with Gasteiger partial charge in [0.2, 0.25) is 0 Å². The van der Waals surface area contributed by atoms with Gasteiger partial charge in [-0.2, -0.15) is 0 Å². The molecule has 0 fully saturated rings. The van der Waals surface area contributed by atoms with Crippen LogP contribution in [-0.2, 0) is 6.54 Å². The molecule has 1 atom stereocenters. The van der Waals surface area contributed by atoms with Crippen LogP contribution in [0, 0.1) is 0 Å². The Labute approximate surface area is 77.8 Å². The zero-order chi connectivity index (χ0) is 9.68. The first-order valence-electron chi connectivity index (χ1n) is 4.29. The predicted octanol–water partition coefficient (Wildman–Crippen LogP) is 0.333. The summed E-state index contributed by atoms with van der Waals surface area (Å²) in [6.45, 7) is 2.40. The highest BCUT2D eigenvalue weighted by molar-refractivity contribution is 5.48. The van der Waals surface area contributed by atoms with Crippen LogP contribution in [0.5, 0.6) is 0 Å². The molecule has 72 valence electrons. The summed E-state index contributed by atoms with van der Waals surface area (Å²) in [6.07, 6.45) is 1.71. The van der Waals surface area contributed by atoms with Crippen LogP contribution in [0.25, 0.3) is 0 Å². The van der Waals surface area contributed by atoms with E-state index in [0.29, 0.717) is 6.54 Å². The fourth-order valence-corrected chi connectivity index (χ4v) is 1.04. The maximum absolute atomic E-state index is 8.85. The highest BCUT2D eigenvalue weighted by atomic mass is 16.3. The van der Waals surface area contributed by atoms with Crippen molar-refractivity contribution in [2.24, 2.45) is 5.73 Å². The number of nitrogens with two attached hydrogens (primary N) is 1. The zero-order valence-corrected chi connectivity index (χ0v) is 7.70. The zero-order valence-electron chi connectivity index (χ0n) is 7.70. The minimum absolute atomic E-state index is 0.0227. The molecule has 0 spiro atoms. The smallest absolute Gasteiger partial charge is 0.0770 e. The van der Waals surface area contributed by atoms with Crippen LogP contribution in [0.1, 0.15) is 12.6 Å². The lowest BCUT2D eigenvalue weighted by atomic mass is 10.2. The predicted molar refractivity (Wildman–Crippen MR) is 52.3 cm³/mol. The number of nitrogens with one attached hydrogen (secondary N) is 1.